The standard InChI is InChI=1S/C5H7BrN2O/c1-3-5(2,6)4(9)8-7-3/h1-2H3,(H,8,9). The number of nitrogens with one attached hydrogen (secondary N) is 1. The van der Waals surface area contributed by atoms with E-state index in [1.54, 1.807) is 13.8 Å². The van der Waals surface area contributed by atoms with Gasteiger partial charge in [-0.1, -0.05) is 15.9 Å². The first kappa shape index (κ1) is 6.74. The molecule has 1 aliphatic heterocycles. The molecule has 0 spiro atoms. The van der Waals surface area contributed by atoms with Crippen molar-refractivity contribution in [1.29, 1.82) is 0 Å². The van der Waals surface area contributed by atoms with E-state index in [2.05, 4.69) is 26.5 Å². The Labute approximate surface area is 61.6 Å². The Kier molecular flexibility index (Phi) is 1.35. The van der Waals surface area contributed by atoms with Crippen LogP contribution in [0.1, 0.15) is 13.8 Å². The van der Waals surface area contributed by atoms with Gasteiger partial charge in [-0.25, -0.2) is 5.43 Å². The van der Waals surface area contributed by atoms with Crippen LogP contribution in [0.2, 0.25) is 0 Å². The van der Waals surface area contributed by atoms with Gasteiger partial charge in [-0.2, -0.15) is 5.10 Å². The molecule has 0 radical (unpaired) electrons. The van der Waals surface area contributed by atoms with Crippen molar-refractivity contribution in [2.75, 3.05) is 0 Å². The number of carbonyl (C=O) groups is 1. The van der Waals surface area contributed by atoms with Crippen LogP contribution in [0.4, 0.5) is 0 Å². The molecule has 9 heavy (non-hydrogen) atoms. The number of rotatable bonds is 0. The summed E-state index contributed by atoms with van der Waals surface area (Å²) in [6.45, 7) is 3.57. The first-order valence-corrected chi connectivity index (χ1v) is 3.38. The van der Waals surface area contributed by atoms with E-state index < -0.39 is 4.32 Å². The number of amides is 1. The van der Waals surface area contributed by atoms with Crippen LogP contribution in [0, 0.1) is 0 Å². The number of hydrogen-bond acceptors (Lipinski definition) is 2. The molecule has 0 aromatic heterocycles. The summed E-state index contributed by atoms with van der Waals surface area (Å²) < 4.78 is -0.576. The maximum absolute atomic E-state index is 10.8. The molecule has 0 fully saturated rings. The van der Waals surface area contributed by atoms with Crippen molar-refractivity contribution in [3.63, 3.8) is 0 Å². The second kappa shape index (κ2) is 1.80. The van der Waals surface area contributed by atoms with Crippen LogP contribution in [0.3, 0.4) is 0 Å². The van der Waals surface area contributed by atoms with Gasteiger partial charge in [0.05, 0.1) is 5.71 Å². The van der Waals surface area contributed by atoms with Crippen LogP contribution in [-0.4, -0.2) is 15.9 Å². The summed E-state index contributed by atoms with van der Waals surface area (Å²) in [7, 11) is 0. The number of alkyl halides is 1. The predicted molar refractivity (Wildman–Crippen MR) is 38.6 cm³/mol. The number of hydrogen-bond donors (Lipinski definition) is 1. The first-order valence-electron chi connectivity index (χ1n) is 2.59. The smallest absolute Gasteiger partial charge is 0.262 e. The monoisotopic (exact) mass is 190 g/mol. The summed E-state index contributed by atoms with van der Waals surface area (Å²) in [5.41, 5.74) is 3.13. The Balaban J connectivity index is 2.93. The lowest BCUT2D eigenvalue weighted by Crippen LogP contribution is -2.34. The zero-order chi connectivity index (χ0) is 7.07. The lowest BCUT2D eigenvalue weighted by Gasteiger charge is -2.09. The van der Waals surface area contributed by atoms with Crippen molar-refractivity contribution in [1.82, 2.24) is 5.43 Å². The van der Waals surface area contributed by atoms with Gasteiger partial charge in [0, 0.05) is 0 Å². The molecule has 0 bridgehead atoms. The van der Waals surface area contributed by atoms with Crippen LogP contribution >= 0.6 is 15.9 Å². The summed E-state index contributed by atoms with van der Waals surface area (Å²) in [6, 6.07) is 0. The predicted octanol–water partition coefficient (Wildman–Crippen LogP) is 0.646. The highest BCUT2D eigenvalue weighted by molar-refractivity contribution is 9.10. The topological polar surface area (TPSA) is 41.5 Å². The van der Waals surface area contributed by atoms with Crippen LogP contribution in [0.15, 0.2) is 5.10 Å². The molecule has 1 aliphatic rings. The highest BCUT2D eigenvalue weighted by Gasteiger charge is 2.37. The summed E-state index contributed by atoms with van der Waals surface area (Å²) >= 11 is 3.23. The molecule has 4 heteroatoms. The van der Waals surface area contributed by atoms with E-state index in [1.165, 1.54) is 0 Å². The Morgan fingerprint density at radius 1 is 1.78 bits per heavy atom. The van der Waals surface area contributed by atoms with Gasteiger partial charge >= 0.3 is 0 Å². The SMILES string of the molecule is CC1=NNC(=O)C1(C)Br. The van der Waals surface area contributed by atoms with Crippen LogP contribution in [0.25, 0.3) is 0 Å². The molecule has 1 unspecified atom stereocenters. The Morgan fingerprint density at radius 3 is 2.44 bits per heavy atom. The normalized spacial score (nSPS) is 34.1. The zero-order valence-corrected chi connectivity index (χ0v) is 6.82. The highest BCUT2D eigenvalue weighted by Crippen LogP contribution is 2.22. The fraction of sp³-hybridized carbons (Fsp3) is 0.600. The van der Waals surface area contributed by atoms with Crippen molar-refractivity contribution in [3.8, 4) is 0 Å². The third kappa shape index (κ3) is 0.871. The number of nitrogens with zero attached hydrogens (tertiary/aromatic N) is 1. The number of hydrazone groups is 1. The van der Waals surface area contributed by atoms with Gasteiger partial charge in [-0.15, -0.1) is 0 Å². The maximum Gasteiger partial charge on any atom is 0.262 e. The molecule has 50 valence electrons. The van der Waals surface area contributed by atoms with Crippen molar-refractivity contribution in [2.24, 2.45) is 5.10 Å². The highest BCUT2D eigenvalue weighted by atomic mass is 79.9. The zero-order valence-electron chi connectivity index (χ0n) is 5.23. The first-order chi connectivity index (χ1) is 4.05. The van der Waals surface area contributed by atoms with E-state index in [0.717, 1.165) is 5.71 Å². The second-order valence-corrected chi connectivity index (χ2v) is 3.73. The van der Waals surface area contributed by atoms with Crippen molar-refractivity contribution in [3.05, 3.63) is 0 Å². The summed E-state index contributed by atoms with van der Waals surface area (Å²) in [5.74, 6) is -0.0972. The van der Waals surface area contributed by atoms with Gasteiger partial charge in [0.2, 0.25) is 0 Å². The van der Waals surface area contributed by atoms with E-state index >= 15 is 0 Å². The largest absolute Gasteiger partial charge is 0.271 e. The van der Waals surface area contributed by atoms with Gasteiger partial charge < -0.3 is 0 Å². The van der Waals surface area contributed by atoms with Crippen molar-refractivity contribution >= 4 is 27.5 Å². The molecule has 0 aromatic carbocycles. The molecular formula is C5H7BrN2O. The van der Waals surface area contributed by atoms with E-state index in [0.29, 0.717) is 0 Å². The fourth-order valence-corrected chi connectivity index (χ4v) is 0.686. The molecule has 0 saturated carbocycles. The third-order valence-corrected chi connectivity index (χ3v) is 2.36. The van der Waals surface area contributed by atoms with Gasteiger partial charge in [-0.05, 0) is 13.8 Å². The molecule has 0 aromatic rings. The average Bonchev–Trinajstić information content (AvgIpc) is 1.96. The molecule has 1 amide bonds. The van der Waals surface area contributed by atoms with Gasteiger partial charge in [-0.3, -0.25) is 4.79 Å². The van der Waals surface area contributed by atoms with Gasteiger partial charge in [0.1, 0.15) is 4.32 Å². The summed E-state index contributed by atoms with van der Waals surface area (Å²) in [5, 5.41) is 3.74. The number of carbonyl (C=O) groups excluding carboxylic acids is 1. The van der Waals surface area contributed by atoms with Crippen molar-refractivity contribution < 1.29 is 4.79 Å². The fourth-order valence-electron chi connectivity index (χ4n) is 0.509. The van der Waals surface area contributed by atoms with E-state index in [9.17, 15) is 4.79 Å². The molecule has 1 heterocycles. The molecule has 1 N–H and O–H groups in total. The van der Waals surface area contributed by atoms with Crippen molar-refractivity contribution in [2.45, 2.75) is 18.2 Å². The molecular weight excluding hydrogens is 184 g/mol. The summed E-state index contributed by atoms with van der Waals surface area (Å²) in [6.07, 6.45) is 0. The Morgan fingerprint density at radius 2 is 2.33 bits per heavy atom. The minimum Gasteiger partial charge on any atom is -0.271 e. The van der Waals surface area contributed by atoms with E-state index in [4.69, 9.17) is 0 Å². The lowest BCUT2D eigenvalue weighted by molar-refractivity contribution is -0.120. The van der Waals surface area contributed by atoms with Gasteiger partial charge in [0.15, 0.2) is 0 Å². The van der Waals surface area contributed by atoms with E-state index in [-0.39, 0.29) is 5.91 Å². The third-order valence-electron chi connectivity index (χ3n) is 1.43. The summed E-state index contributed by atoms with van der Waals surface area (Å²) in [4.78, 5) is 10.8. The average molecular weight is 191 g/mol. The number of halogens is 1. The minimum absolute atomic E-state index is 0.0972. The minimum atomic E-state index is -0.576. The van der Waals surface area contributed by atoms with E-state index in [1.807, 2.05) is 0 Å². The second-order valence-electron chi connectivity index (χ2n) is 2.14. The lowest BCUT2D eigenvalue weighted by atomic mass is 10.1. The molecule has 1 rings (SSSR count). The molecule has 0 aliphatic carbocycles. The van der Waals surface area contributed by atoms with Crippen LogP contribution in [0.5, 0.6) is 0 Å². The molecule has 0 saturated heterocycles. The Hall–Kier alpha value is -0.380. The van der Waals surface area contributed by atoms with Crippen LogP contribution in [-0.2, 0) is 4.79 Å². The Bertz CT molecular complexity index is 185. The molecule has 3 nitrogen and oxygen atoms in total. The maximum atomic E-state index is 10.8. The van der Waals surface area contributed by atoms with Crippen LogP contribution < -0.4 is 5.43 Å². The van der Waals surface area contributed by atoms with Gasteiger partial charge in [0.25, 0.3) is 5.91 Å². The molecule has 1 atom stereocenters. The quantitative estimate of drug-likeness (QED) is 0.561.